The highest BCUT2D eigenvalue weighted by atomic mass is 16.5. The van der Waals surface area contributed by atoms with Gasteiger partial charge in [-0.3, -0.25) is 0 Å². The van der Waals surface area contributed by atoms with Gasteiger partial charge in [0.2, 0.25) is 11.9 Å². The van der Waals surface area contributed by atoms with Gasteiger partial charge in [-0.25, -0.2) is 0 Å². The van der Waals surface area contributed by atoms with Crippen LogP contribution in [0.25, 0.3) is 0 Å². The van der Waals surface area contributed by atoms with Gasteiger partial charge in [-0.1, -0.05) is 6.92 Å². The summed E-state index contributed by atoms with van der Waals surface area (Å²) < 4.78 is 10.9. The minimum atomic E-state index is 0.0596. The lowest BCUT2D eigenvalue weighted by atomic mass is 10.3. The molecule has 2 rings (SSSR count). The molecular weight excluding hydrogens is 234 g/mol. The van der Waals surface area contributed by atoms with Crippen LogP contribution in [0.2, 0.25) is 0 Å². The standard InChI is InChI=1S/C11H19N5O2/c1-3-8(2)18-11-14-9(12)13-10(15-11)16-4-6-17-7-5-16/h8H,3-7H2,1-2H3,(H2,12,13,14,15). The summed E-state index contributed by atoms with van der Waals surface area (Å²) in [4.78, 5) is 14.4. The van der Waals surface area contributed by atoms with Crippen LogP contribution in [-0.2, 0) is 4.74 Å². The van der Waals surface area contributed by atoms with E-state index in [9.17, 15) is 0 Å². The Morgan fingerprint density at radius 3 is 2.72 bits per heavy atom. The van der Waals surface area contributed by atoms with Crippen LogP contribution in [-0.4, -0.2) is 47.4 Å². The number of rotatable bonds is 4. The van der Waals surface area contributed by atoms with Crippen LogP contribution in [0, 0.1) is 0 Å². The highest BCUT2D eigenvalue weighted by Crippen LogP contribution is 2.16. The number of morpholine rings is 1. The molecule has 100 valence electrons. The Labute approximate surface area is 106 Å². The van der Waals surface area contributed by atoms with E-state index in [1.807, 2.05) is 18.7 Å². The zero-order valence-corrected chi connectivity index (χ0v) is 10.8. The van der Waals surface area contributed by atoms with E-state index in [1.165, 1.54) is 0 Å². The van der Waals surface area contributed by atoms with Crippen molar-refractivity contribution in [3.63, 3.8) is 0 Å². The number of nitrogens with two attached hydrogens (primary N) is 1. The smallest absolute Gasteiger partial charge is 0.323 e. The maximum Gasteiger partial charge on any atom is 0.323 e. The molecule has 0 amide bonds. The fraction of sp³-hybridized carbons (Fsp3) is 0.727. The minimum Gasteiger partial charge on any atom is -0.460 e. The van der Waals surface area contributed by atoms with Crippen LogP contribution in [0.3, 0.4) is 0 Å². The average Bonchev–Trinajstić information content (AvgIpc) is 2.39. The molecule has 1 unspecified atom stereocenters. The minimum absolute atomic E-state index is 0.0596. The van der Waals surface area contributed by atoms with Gasteiger partial charge in [-0.05, 0) is 13.3 Å². The number of hydrogen-bond donors (Lipinski definition) is 1. The van der Waals surface area contributed by atoms with Gasteiger partial charge in [-0.15, -0.1) is 0 Å². The molecule has 2 N–H and O–H groups in total. The molecule has 7 heteroatoms. The molecular formula is C11H19N5O2. The van der Waals surface area contributed by atoms with E-state index in [0.717, 1.165) is 19.5 Å². The molecule has 0 aliphatic carbocycles. The molecule has 1 aromatic heterocycles. The second-order valence-electron chi connectivity index (χ2n) is 4.21. The molecule has 1 saturated heterocycles. The van der Waals surface area contributed by atoms with Crippen LogP contribution in [0.1, 0.15) is 20.3 Å². The summed E-state index contributed by atoms with van der Waals surface area (Å²) in [5, 5.41) is 0. The summed E-state index contributed by atoms with van der Waals surface area (Å²) in [7, 11) is 0. The zero-order chi connectivity index (χ0) is 13.0. The average molecular weight is 253 g/mol. The van der Waals surface area contributed by atoms with E-state index in [4.69, 9.17) is 15.2 Å². The van der Waals surface area contributed by atoms with Gasteiger partial charge in [0.1, 0.15) is 0 Å². The summed E-state index contributed by atoms with van der Waals surface area (Å²) in [6.45, 7) is 6.87. The fourth-order valence-electron chi connectivity index (χ4n) is 1.58. The zero-order valence-electron chi connectivity index (χ0n) is 10.8. The van der Waals surface area contributed by atoms with Crippen molar-refractivity contribution in [1.29, 1.82) is 0 Å². The molecule has 2 heterocycles. The largest absolute Gasteiger partial charge is 0.460 e. The van der Waals surface area contributed by atoms with Gasteiger partial charge in [0.15, 0.2) is 0 Å². The lowest BCUT2D eigenvalue weighted by Crippen LogP contribution is -2.37. The van der Waals surface area contributed by atoms with E-state index >= 15 is 0 Å². The van der Waals surface area contributed by atoms with Gasteiger partial charge in [0.05, 0.1) is 19.3 Å². The van der Waals surface area contributed by atoms with E-state index in [2.05, 4.69) is 15.0 Å². The quantitative estimate of drug-likeness (QED) is 0.834. The van der Waals surface area contributed by atoms with Gasteiger partial charge >= 0.3 is 6.01 Å². The van der Waals surface area contributed by atoms with Crippen molar-refractivity contribution in [2.75, 3.05) is 36.9 Å². The van der Waals surface area contributed by atoms with E-state index in [-0.39, 0.29) is 12.1 Å². The first-order valence-corrected chi connectivity index (χ1v) is 6.20. The SMILES string of the molecule is CCC(C)Oc1nc(N)nc(N2CCOCC2)n1. The van der Waals surface area contributed by atoms with Crippen LogP contribution in [0.5, 0.6) is 6.01 Å². The third-order valence-corrected chi connectivity index (χ3v) is 2.80. The first-order valence-electron chi connectivity index (χ1n) is 6.20. The lowest BCUT2D eigenvalue weighted by Gasteiger charge is -2.26. The number of nitrogens with zero attached hydrogens (tertiary/aromatic N) is 4. The first-order chi connectivity index (χ1) is 8.69. The molecule has 0 aromatic carbocycles. The number of hydrogen-bond acceptors (Lipinski definition) is 7. The molecule has 0 saturated carbocycles. The predicted molar refractivity (Wildman–Crippen MR) is 67.7 cm³/mol. The monoisotopic (exact) mass is 253 g/mol. The van der Waals surface area contributed by atoms with E-state index < -0.39 is 0 Å². The summed E-state index contributed by atoms with van der Waals surface area (Å²) >= 11 is 0. The fourth-order valence-corrected chi connectivity index (χ4v) is 1.58. The third kappa shape index (κ3) is 3.19. The Kier molecular flexibility index (Phi) is 4.14. The van der Waals surface area contributed by atoms with Crippen LogP contribution in [0.4, 0.5) is 11.9 Å². The van der Waals surface area contributed by atoms with Crippen LogP contribution >= 0.6 is 0 Å². The molecule has 0 bridgehead atoms. The van der Waals surface area contributed by atoms with Crippen molar-refractivity contribution < 1.29 is 9.47 Å². The molecule has 1 atom stereocenters. The molecule has 0 radical (unpaired) electrons. The summed E-state index contributed by atoms with van der Waals surface area (Å²) in [6, 6.07) is 0.290. The summed E-state index contributed by atoms with van der Waals surface area (Å²) in [5.74, 6) is 0.744. The highest BCUT2D eigenvalue weighted by Gasteiger charge is 2.16. The maximum absolute atomic E-state index is 5.68. The van der Waals surface area contributed by atoms with Crippen LogP contribution in [0.15, 0.2) is 0 Å². The molecule has 7 nitrogen and oxygen atoms in total. The molecule has 1 aliphatic rings. The number of aromatic nitrogens is 3. The number of nitrogen functional groups attached to an aromatic ring is 1. The Bertz CT molecular complexity index is 395. The van der Waals surface area contributed by atoms with Crippen LogP contribution < -0.4 is 15.4 Å². The number of anilines is 2. The van der Waals surface area contributed by atoms with Crippen molar-refractivity contribution in [3.05, 3.63) is 0 Å². The van der Waals surface area contributed by atoms with Crippen molar-refractivity contribution in [1.82, 2.24) is 15.0 Å². The summed E-state index contributed by atoms with van der Waals surface area (Å²) in [5.41, 5.74) is 5.68. The van der Waals surface area contributed by atoms with Gasteiger partial charge in [0.25, 0.3) is 0 Å². The molecule has 1 aliphatic heterocycles. The molecule has 1 fully saturated rings. The summed E-state index contributed by atoms with van der Waals surface area (Å²) in [6.07, 6.45) is 0.947. The Hall–Kier alpha value is -1.63. The second-order valence-corrected chi connectivity index (χ2v) is 4.21. The third-order valence-electron chi connectivity index (χ3n) is 2.80. The highest BCUT2D eigenvalue weighted by molar-refractivity contribution is 5.36. The van der Waals surface area contributed by atoms with Gasteiger partial charge in [-0.2, -0.15) is 15.0 Å². The lowest BCUT2D eigenvalue weighted by molar-refractivity contribution is 0.121. The maximum atomic E-state index is 5.68. The Morgan fingerprint density at radius 1 is 1.33 bits per heavy atom. The van der Waals surface area contributed by atoms with Crippen molar-refractivity contribution in [3.8, 4) is 6.01 Å². The van der Waals surface area contributed by atoms with Gasteiger partial charge < -0.3 is 20.1 Å². The predicted octanol–water partition coefficient (Wildman–Crippen LogP) is 0.468. The second kappa shape index (κ2) is 5.81. The topological polar surface area (TPSA) is 86.4 Å². The van der Waals surface area contributed by atoms with Gasteiger partial charge in [0, 0.05) is 13.1 Å². The Balaban J connectivity index is 2.14. The van der Waals surface area contributed by atoms with Crippen molar-refractivity contribution in [2.24, 2.45) is 0 Å². The normalized spacial score (nSPS) is 17.6. The Morgan fingerprint density at radius 2 is 2.06 bits per heavy atom. The first kappa shape index (κ1) is 12.8. The van der Waals surface area contributed by atoms with E-state index in [0.29, 0.717) is 25.2 Å². The van der Waals surface area contributed by atoms with Crippen molar-refractivity contribution >= 4 is 11.9 Å². The van der Waals surface area contributed by atoms with Crippen molar-refractivity contribution in [2.45, 2.75) is 26.4 Å². The molecule has 0 spiro atoms. The molecule has 1 aromatic rings. The van der Waals surface area contributed by atoms with E-state index in [1.54, 1.807) is 0 Å². The number of ether oxygens (including phenoxy) is 2. The molecule has 18 heavy (non-hydrogen) atoms.